The number of hydrogen-bond donors (Lipinski definition) is 3. The van der Waals surface area contributed by atoms with E-state index in [2.05, 4.69) is 16.7 Å². The monoisotopic (exact) mass is 282 g/mol. The summed E-state index contributed by atoms with van der Waals surface area (Å²) in [6, 6.07) is 13.4. The Morgan fingerprint density at radius 3 is 2.95 bits per heavy atom. The van der Waals surface area contributed by atoms with Gasteiger partial charge in [-0.3, -0.25) is 4.79 Å². The van der Waals surface area contributed by atoms with E-state index < -0.39 is 0 Å². The first-order valence-electron chi connectivity index (χ1n) is 7.06. The largest absolute Gasteiger partial charge is 0.505 e. The van der Waals surface area contributed by atoms with Gasteiger partial charge in [-0.2, -0.15) is 0 Å². The van der Waals surface area contributed by atoms with Gasteiger partial charge in [0.1, 0.15) is 5.75 Å². The molecule has 4 heteroatoms. The number of aryl methyl sites for hydroxylation is 1. The third kappa shape index (κ3) is 2.70. The lowest BCUT2D eigenvalue weighted by Crippen LogP contribution is -2.16. The Bertz CT molecular complexity index is 682. The fourth-order valence-electron chi connectivity index (χ4n) is 2.72. The molecule has 0 saturated heterocycles. The van der Waals surface area contributed by atoms with Gasteiger partial charge in [-0.05, 0) is 30.2 Å². The van der Waals surface area contributed by atoms with Gasteiger partial charge >= 0.3 is 0 Å². The first-order valence-corrected chi connectivity index (χ1v) is 7.06. The number of fused-ring (bicyclic) bond motifs is 1. The van der Waals surface area contributed by atoms with Crippen LogP contribution >= 0.6 is 0 Å². The van der Waals surface area contributed by atoms with Crippen LogP contribution in [-0.2, 0) is 4.79 Å². The Hall–Kier alpha value is -2.49. The highest BCUT2D eigenvalue weighted by molar-refractivity contribution is 5.93. The van der Waals surface area contributed by atoms with E-state index in [1.54, 1.807) is 6.07 Å². The van der Waals surface area contributed by atoms with Gasteiger partial charge in [0.05, 0.1) is 5.69 Å². The number of nitrogens with one attached hydrogen (secondary N) is 2. The highest BCUT2D eigenvalue weighted by Gasteiger charge is 2.24. The summed E-state index contributed by atoms with van der Waals surface area (Å²) in [4.78, 5) is 12.2. The molecule has 3 rings (SSSR count). The van der Waals surface area contributed by atoms with Gasteiger partial charge in [0, 0.05) is 24.6 Å². The number of carbonyl (C=O) groups excluding carboxylic acids is 1. The van der Waals surface area contributed by atoms with E-state index in [4.69, 9.17) is 0 Å². The van der Waals surface area contributed by atoms with E-state index in [0.717, 1.165) is 17.8 Å². The van der Waals surface area contributed by atoms with Crippen LogP contribution in [0.3, 0.4) is 0 Å². The molecule has 0 radical (unpaired) electrons. The summed E-state index contributed by atoms with van der Waals surface area (Å²) in [5.74, 6) is 0.225. The zero-order valence-electron chi connectivity index (χ0n) is 11.9. The number of anilines is 2. The molecule has 3 N–H and O–H groups in total. The lowest BCUT2D eigenvalue weighted by atomic mass is 9.97. The molecule has 0 aliphatic carbocycles. The Kier molecular flexibility index (Phi) is 3.52. The Morgan fingerprint density at radius 2 is 2.10 bits per heavy atom. The molecule has 2 aromatic rings. The molecule has 108 valence electrons. The molecule has 1 amide bonds. The Balaban J connectivity index is 1.69. The Morgan fingerprint density at radius 1 is 1.29 bits per heavy atom. The van der Waals surface area contributed by atoms with E-state index >= 15 is 0 Å². The van der Waals surface area contributed by atoms with Crippen molar-refractivity contribution in [1.29, 1.82) is 0 Å². The molecule has 0 fully saturated rings. The van der Waals surface area contributed by atoms with Crippen molar-refractivity contribution in [3.63, 3.8) is 0 Å². The minimum Gasteiger partial charge on any atom is -0.505 e. The first kappa shape index (κ1) is 13.5. The van der Waals surface area contributed by atoms with Crippen LogP contribution in [0.1, 0.15) is 23.5 Å². The number of aromatic hydroxyl groups is 1. The number of para-hydroxylation sites is 2. The zero-order valence-corrected chi connectivity index (χ0v) is 11.9. The van der Waals surface area contributed by atoms with Crippen molar-refractivity contribution in [3.8, 4) is 5.75 Å². The molecule has 1 heterocycles. The van der Waals surface area contributed by atoms with E-state index in [-0.39, 0.29) is 17.6 Å². The number of carbonyl (C=O) groups is 1. The fraction of sp³-hybridized carbons (Fsp3) is 0.235. The molecule has 2 aromatic carbocycles. The van der Waals surface area contributed by atoms with Gasteiger partial charge in [-0.15, -0.1) is 0 Å². The summed E-state index contributed by atoms with van der Waals surface area (Å²) >= 11 is 0. The van der Waals surface area contributed by atoms with Gasteiger partial charge in [-0.1, -0.05) is 30.3 Å². The normalized spacial score (nSPS) is 16.1. The van der Waals surface area contributed by atoms with Crippen LogP contribution < -0.4 is 10.6 Å². The summed E-state index contributed by atoms with van der Waals surface area (Å²) in [7, 11) is 0. The Labute approximate surface area is 123 Å². The second kappa shape index (κ2) is 5.48. The fourth-order valence-corrected chi connectivity index (χ4v) is 2.72. The predicted molar refractivity (Wildman–Crippen MR) is 83.8 cm³/mol. The van der Waals surface area contributed by atoms with Crippen molar-refractivity contribution >= 4 is 17.3 Å². The molecule has 0 bridgehead atoms. The van der Waals surface area contributed by atoms with Gasteiger partial charge in [0.15, 0.2) is 0 Å². The third-order valence-corrected chi connectivity index (χ3v) is 3.88. The topological polar surface area (TPSA) is 61.4 Å². The van der Waals surface area contributed by atoms with Crippen LogP contribution in [0, 0.1) is 6.92 Å². The molecule has 1 unspecified atom stereocenters. The standard InChI is InChI=1S/C17H18N2O2/c1-11-5-4-8-15(17(11)21)19-16(20)9-12-10-18-14-7-3-2-6-13(12)14/h2-8,12,18,21H,9-10H2,1H3,(H,19,20). The highest BCUT2D eigenvalue weighted by Crippen LogP contribution is 2.34. The quantitative estimate of drug-likeness (QED) is 0.757. The van der Waals surface area contributed by atoms with E-state index in [1.165, 1.54) is 5.56 Å². The maximum atomic E-state index is 12.2. The zero-order chi connectivity index (χ0) is 14.8. The SMILES string of the molecule is Cc1cccc(NC(=O)CC2CNc3ccccc32)c1O. The lowest BCUT2D eigenvalue weighted by Gasteiger charge is -2.12. The summed E-state index contributed by atoms with van der Waals surface area (Å²) < 4.78 is 0. The molecule has 1 aliphatic heterocycles. The van der Waals surface area contributed by atoms with Gasteiger partial charge in [0.25, 0.3) is 0 Å². The van der Waals surface area contributed by atoms with Crippen molar-refractivity contribution < 1.29 is 9.90 Å². The molecule has 0 spiro atoms. The number of phenols is 1. The maximum Gasteiger partial charge on any atom is 0.225 e. The van der Waals surface area contributed by atoms with Crippen molar-refractivity contribution in [1.82, 2.24) is 0 Å². The van der Waals surface area contributed by atoms with Crippen molar-refractivity contribution in [3.05, 3.63) is 53.6 Å². The number of phenolic OH excluding ortho intramolecular Hbond substituents is 1. The van der Waals surface area contributed by atoms with Crippen molar-refractivity contribution in [2.45, 2.75) is 19.3 Å². The predicted octanol–water partition coefficient (Wildman–Crippen LogP) is 3.24. The number of amides is 1. The molecule has 4 nitrogen and oxygen atoms in total. The molecule has 0 saturated carbocycles. The third-order valence-electron chi connectivity index (χ3n) is 3.88. The summed E-state index contributed by atoms with van der Waals surface area (Å²) in [5.41, 5.74) is 3.51. The second-order valence-electron chi connectivity index (χ2n) is 5.39. The molecule has 1 atom stereocenters. The van der Waals surface area contributed by atoms with Crippen LogP contribution in [0.2, 0.25) is 0 Å². The smallest absolute Gasteiger partial charge is 0.225 e. The van der Waals surface area contributed by atoms with Crippen LogP contribution in [0.25, 0.3) is 0 Å². The van der Waals surface area contributed by atoms with Crippen LogP contribution in [0.5, 0.6) is 5.75 Å². The molecular weight excluding hydrogens is 264 g/mol. The van der Waals surface area contributed by atoms with E-state index in [9.17, 15) is 9.90 Å². The number of rotatable bonds is 3. The van der Waals surface area contributed by atoms with Crippen LogP contribution in [0.15, 0.2) is 42.5 Å². The molecule has 0 aromatic heterocycles. The number of hydrogen-bond acceptors (Lipinski definition) is 3. The highest BCUT2D eigenvalue weighted by atomic mass is 16.3. The van der Waals surface area contributed by atoms with Crippen LogP contribution in [-0.4, -0.2) is 17.6 Å². The van der Waals surface area contributed by atoms with Gasteiger partial charge < -0.3 is 15.7 Å². The first-order chi connectivity index (χ1) is 10.1. The summed E-state index contributed by atoms with van der Waals surface area (Å²) in [6.07, 6.45) is 0.400. The average Bonchev–Trinajstić information content (AvgIpc) is 2.87. The van der Waals surface area contributed by atoms with E-state index in [0.29, 0.717) is 12.1 Å². The second-order valence-corrected chi connectivity index (χ2v) is 5.39. The summed E-state index contributed by atoms with van der Waals surface area (Å²) in [5, 5.41) is 16.0. The van der Waals surface area contributed by atoms with E-state index in [1.807, 2.05) is 37.3 Å². The molecule has 1 aliphatic rings. The van der Waals surface area contributed by atoms with Gasteiger partial charge in [-0.25, -0.2) is 0 Å². The number of benzene rings is 2. The summed E-state index contributed by atoms with van der Waals surface area (Å²) in [6.45, 7) is 2.58. The van der Waals surface area contributed by atoms with Crippen molar-refractivity contribution in [2.24, 2.45) is 0 Å². The minimum atomic E-state index is -0.0839. The van der Waals surface area contributed by atoms with Gasteiger partial charge in [0.2, 0.25) is 5.91 Å². The minimum absolute atomic E-state index is 0.0839. The average molecular weight is 282 g/mol. The molecule has 21 heavy (non-hydrogen) atoms. The van der Waals surface area contributed by atoms with Crippen LogP contribution in [0.4, 0.5) is 11.4 Å². The lowest BCUT2D eigenvalue weighted by molar-refractivity contribution is -0.116. The maximum absolute atomic E-state index is 12.2. The van der Waals surface area contributed by atoms with Crippen molar-refractivity contribution in [2.75, 3.05) is 17.2 Å². The molecular formula is C17H18N2O2.